The second kappa shape index (κ2) is 4.86. The molecular formula is C18H17N3. The van der Waals surface area contributed by atoms with Crippen molar-refractivity contribution in [1.82, 2.24) is 4.98 Å². The van der Waals surface area contributed by atoms with Crippen LogP contribution in [0.3, 0.4) is 0 Å². The molecule has 0 bridgehead atoms. The summed E-state index contributed by atoms with van der Waals surface area (Å²) in [6.45, 7) is 0. The molecule has 3 N–H and O–H groups in total. The van der Waals surface area contributed by atoms with Crippen molar-refractivity contribution in [1.29, 1.82) is 0 Å². The Labute approximate surface area is 123 Å². The number of pyridine rings is 1. The summed E-state index contributed by atoms with van der Waals surface area (Å²) in [6.07, 6.45) is 2.76. The molecule has 1 aromatic heterocycles. The van der Waals surface area contributed by atoms with E-state index >= 15 is 0 Å². The fourth-order valence-electron chi connectivity index (χ4n) is 3.19. The lowest BCUT2D eigenvalue weighted by atomic mass is 10.1. The monoisotopic (exact) mass is 275 g/mol. The number of aromatic nitrogens is 1. The van der Waals surface area contributed by atoms with Gasteiger partial charge in [0, 0.05) is 17.6 Å². The first kappa shape index (κ1) is 12.4. The molecule has 0 saturated carbocycles. The fraction of sp³-hybridized carbons (Fsp3) is 0.167. The van der Waals surface area contributed by atoms with E-state index in [1.807, 2.05) is 24.4 Å². The summed E-state index contributed by atoms with van der Waals surface area (Å²) in [7, 11) is 0. The highest BCUT2D eigenvalue weighted by Gasteiger charge is 2.29. The molecule has 0 radical (unpaired) electrons. The average Bonchev–Trinajstić information content (AvgIpc) is 2.84. The predicted octanol–water partition coefficient (Wildman–Crippen LogP) is 3.27. The van der Waals surface area contributed by atoms with Crippen molar-refractivity contribution in [2.24, 2.45) is 5.73 Å². The molecule has 3 aromatic rings. The topological polar surface area (TPSA) is 50.9 Å². The zero-order valence-electron chi connectivity index (χ0n) is 11.7. The number of fused-ring (bicyclic) bond motifs is 2. The number of hydrogen-bond donors (Lipinski definition) is 2. The summed E-state index contributed by atoms with van der Waals surface area (Å²) in [4.78, 5) is 4.51. The Kier molecular flexibility index (Phi) is 2.86. The molecule has 3 nitrogen and oxygen atoms in total. The minimum Gasteiger partial charge on any atom is -0.361 e. The fourth-order valence-corrected chi connectivity index (χ4v) is 3.19. The number of rotatable bonds is 2. The summed E-state index contributed by atoms with van der Waals surface area (Å²) in [6, 6.07) is 19.0. The zero-order chi connectivity index (χ0) is 14.2. The van der Waals surface area contributed by atoms with Crippen LogP contribution in [-0.4, -0.2) is 11.0 Å². The van der Waals surface area contributed by atoms with Gasteiger partial charge < -0.3 is 11.1 Å². The molecule has 0 spiro atoms. The van der Waals surface area contributed by atoms with Crippen LogP contribution in [-0.2, 0) is 6.42 Å². The standard InChI is InChI=1S/C18H17N3/c19-16-11-13-6-2-3-7-14(13)17(16)21-18-15-8-4-1-5-12(15)9-10-20-18/h1-10,16-17H,11,19H2,(H,20,21). The number of nitrogens with two attached hydrogens (primary N) is 1. The smallest absolute Gasteiger partial charge is 0.134 e. The number of nitrogens with zero attached hydrogens (tertiary/aromatic N) is 1. The normalized spacial score (nSPS) is 20.4. The van der Waals surface area contributed by atoms with Crippen LogP contribution in [0.5, 0.6) is 0 Å². The molecule has 2 aromatic carbocycles. The minimum atomic E-state index is 0.0863. The number of hydrogen-bond acceptors (Lipinski definition) is 3. The molecule has 21 heavy (non-hydrogen) atoms. The Morgan fingerprint density at radius 3 is 2.76 bits per heavy atom. The van der Waals surface area contributed by atoms with Crippen LogP contribution >= 0.6 is 0 Å². The van der Waals surface area contributed by atoms with Gasteiger partial charge >= 0.3 is 0 Å². The lowest BCUT2D eigenvalue weighted by Crippen LogP contribution is -2.30. The summed E-state index contributed by atoms with van der Waals surface area (Å²) in [5.41, 5.74) is 8.96. The Hall–Kier alpha value is -2.39. The van der Waals surface area contributed by atoms with Crippen molar-refractivity contribution in [2.75, 3.05) is 5.32 Å². The molecule has 104 valence electrons. The Bertz CT molecular complexity index is 792. The maximum absolute atomic E-state index is 6.33. The van der Waals surface area contributed by atoms with Crippen molar-refractivity contribution in [3.63, 3.8) is 0 Å². The molecule has 4 rings (SSSR count). The molecule has 1 aliphatic rings. The molecular weight excluding hydrogens is 258 g/mol. The lowest BCUT2D eigenvalue weighted by molar-refractivity contribution is 0.624. The number of nitrogens with one attached hydrogen (secondary N) is 1. The van der Waals surface area contributed by atoms with Crippen molar-refractivity contribution in [3.05, 3.63) is 71.9 Å². The van der Waals surface area contributed by atoms with Gasteiger partial charge in [0.2, 0.25) is 0 Å². The summed E-state index contributed by atoms with van der Waals surface area (Å²) in [5.74, 6) is 0.908. The third-order valence-corrected chi connectivity index (χ3v) is 4.24. The second-order valence-electron chi connectivity index (χ2n) is 5.57. The van der Waals surface area contributed by atoms with Gasteiger partial charge in [-0.25, -0.2) is 4.98 Å². The summed E-state index contributed by atoms with van der Waals surface area (Å²) < 4.78 is 0. The van der Waals surface area contributed by atoms with Crippen LogP contribution in [0.15, 0.2) is 60.8 Å². The van der Waals surface area contributed by atoms with Gasteiger partial charge in [0.15, 0.2) is 0 Å². The van der Waals surface area contributed by atoms with Crippen molar-refractivity contribution in [3.8, 4) is 0 Å². The van der Waals surface area contributed by atoms with E-state index in [2.05, 4.69) is 46.7 Å². The third-order valence-electron chi connectivity index (χ3n) is 4.24. The highest BCUT2D eigenvalue weighted by molar-refractivity contribution is 5.91. The van der Waals surface area contributed by atoms with E-state index in [1.54, 1.807) is 0 Å². The highest BCUT2D eigenvalue weighted by Crippen LogP contribution is 2.34. The zero-order valence-corrected chi connectivity index (χ0v) is 11.7. The molecule has 0 fully saturated rings. The van der Waals surface area contributed by atoms with Crippen LogP contribution in [0.25, 0.3) is 10.8 Å². The Morgan fingerprint density at radius 2 is 1.81 bits per heavy atom. The van der Waals surface area contributed by atoms with Gasteiger partial charge in [0.05, 0.1) is 6.04 Å². The molecule has 1 aliphatic carbocycles. The van der Waals surface area contributed by atoms with Crippen LogP contribution in [0, 0.1) is 0 Å². The van der Waals surface area contributed by atoms with Gasteiger partial charge in [-0.2, -0.15) is 0 Å². The van der Waals surface area contributed by atoms with Crippen LogP contribution in [0.2, 0.25) is 0 Å². The number of benzene rings is 2. The molecule has 2 atom stereocenters. The van der Waals surface area contributed by atoms with Gasteiger partial charge in [-0.05, 0) is 29.0 Å². The largest absolute Gasteiger partial charge is 0.361 e. The van der Waals surface area contributed by atoms with Crippen molar-refractivity contribution < 1.29 is 0 Å². The van der Waals surface area contributed by atoms with Gasteiger partial charge in [-0.3, -0.25) is 0 Å². The first-order valence-electron chi connectivity index (χ1n) is 7.26. The van der Waals surface area contributed by atoms with E-state index in [4.69, 9.17) is 5.73 Å². The highest BCUT2D eigenvalue weighted by atomic mass is 15.0. The van der Waals surface area contributed by atoms with Crippen LogP contribution in [0.1, 0.15) is 17.2 Å². The van der Waals surface area contributed by atoms with Crippen LogP contribution < -0.4 is 11.1 Å². The SMILES string of the molecule is NC1Cc2ccccc2C1Nc1nccc2ccccc12. The maximum atomic E-state index is 6.33. The first-order chi connectivity index (χ1) is 10.3. The molecule has 0 amide bonds. The summed E-state index contributed by atoms with van der Waals surface area (Å²) >= 11 is 0. The maximum Gasteiger partial charge on any atom is 0.134 e. The quantitative estimate of drug-likeness (QED) is 0.754. The van der Waals surface area contributed by atoms with E-state index < -0.39 is 0 Å². The number of anilines is 1. The minimum absolute atomic E-state index is 0.0863. The summed E-state index contributed by atoms with van der Waals surface area (Å²) in [5, 5.41) is 5.88. The molecule has 0 saturated heterocycles. The van der Waals surface area contributed by atoms with E-state index in [9.17, 15) is 0 Å². The van der Waals surface area contributed by atoms with Gasteiger partial charge in [0.1, 0.15) is 5.82 Å². The van der Waals surface area contributed by atoms with Crippen LogP contribution in [0.4, 0.5) is 5.82 Å². The van der Waals surface area contributed by atoms with Crippen molar-refractivity contribution in [2.45, 2.75) is 18.5 Å². The Morgan fingerprint density at radius 1 is 1.00 bits per heavy atom. The predicted molar refractivity (Wildman–Crippen MR) is 86.2 cm³/mol. The third kappa shape index (κ3) is 2.06. The van der Waals surface area contributed by atoms with E-state index in [-0.39, 0.29) is 12.1 Å². The van der Waals surface area contributed by atoms with E-state index in [0.717, 1.165) is 17.6 Å². The molecule has 3 heteroatoms. The van der Waals surface area contributed by atoms with E-state index in [0.29, 0.717) is 0 Å². The average molecular weight is 275 g/mol. The molecule has 2 unspecified atom stereocenters. The first-order valence-corrected chi connectivity index (χ1v) is 7.26. The van der Waals surface area contributed by atoms with E-state index in [1.165, 1.54) is 16.5 Å². The van der Waals surface area contributed by atoms with Crippen molar-refractivity contribution >= 4 is 16.6 Å². The second-order valence-corrected chi connectivity index (χ2v) is 5.57. The molecule has 1 heterocycles. The Balaban J connectivity index is 1.75. The molecule has 0 aliphatic heterocycles. The van der Waals surface area contributed by atoms with Gasteiger partial charge in [-0.15, -0.1) is 0 Å². The van der Waals surface area contributed by atoms with Gasteiger partial charge in [-0.1, -0.05) is 48.5 Å². The lowest BCUT2D eigenvalue weighted by Gasteiger charge is -2.20. The van der Waals surface area contributed by atoms with Gasteiger partial charge in [0.25, 0.3) is 0 Å².